The Bertz CT molecular complexity index is 910. The number of nitrogens with one attached hydrogen (secondary N) is 2. The van der Waals surface area contributed by atoms with Gasteiger partial charge in [0.05, 0.1) is 11.1 Å². The molecule has 2 fully saturated rings. The lowest BCUT2D eigenvalue weighted by Crippen LogP contribution is -2.57. The van der Waals surface area contributed by atoms with Crippen molar-refractivity contribution in [1.29, 1.82) is 0 Å². The quantitative estimate of drug-likeness (QED) is 0.623. The third-order valence-corrected chi connectivity index (χ3v) is 6.77. The molecule has 29 heavy (non-hydrogen) atoms. The lowest BCUT2D eigenvalue weighted by atomic mass is 9.59. The summed E-state index contributed by atoms with van der Waals surface area (Å²) in [7, 11) is 0. The summed E-state index contributed by atoms with van der Waals surface area (Å²) in [6.07, 6.45) is 1.27. The Morgan fingerprint density at radius 2 is 1.90 bits per heavy atom. The Labute approximate surface area is 169 Å². The van der Waals surface area contributed by atoms with E-state index in [1.54, 1.807) is 12.1 Å². The topological polar surface area (TPSA) is 122 Å². The van der Waals surface area contributed by atoms with Gasteiger partial charge in [0, 0.05) is 19.0 Å². The van der Waals surface area contributed by atoms with Crippen molar-refractivity contribution in [2.45, 2.75) is 51.7 Å². The van der Waals surface area contributed by atoms with Gasteiger partial charge in [-0.05, 0) is 48.4 Å². The summed E-state index contributed by atoms with van der Waals surface area (Å²) >= 11 is 0. The Balaban J connectivity index is 1.43. The Morgan fingerprint density at radius 1 is 1.17 bits per heavy atom. The maximum Gasteiger partial charge on any atom is 0.262 e. The van der Waals surface area contributed by atoms with E-state index < -0.39 is 23.8 Å². The van der Waals surface area contributed by atoms with E-state index in [4.69, 9.17) is 5.73 Å². The van der Waals surface area contributed by atoms with E-state index in [1.807, 2.05) is 6.07 Å². The van der Waals surface area contributed by atoms with Crippen molar-refractivity contribution >= 4 is 23.6 Å². The molecule has 4 N–H and O–H groups in total. The normalized spacial score (nSPS) is 28.2. The minimum atomic E-state index is -0.938. The van der Waals surface area contributed by atoms with E-state index in [2.05, 4.69) is 24.5 Å². The number of hydrogen-bond acceptors (Lipinski definition) is 6. The number of nitrogens with zero attached hydrogens (tertiary/aromatic N) is 1. The molecule has 0 bridgehead atoms. The van der Waals surface area contributed by atoms with E-state index in [0.29, 0.717) is 23.6 Å². The van der Waals surface area contributed by atoms with Crippen molar-refractivity contribution in [2.24, 2.45) is 17.1 Å². The molecule has 8 nitrogen and oxygen atoms in total. The molecule has 2 heterocycles. The Hall–Kier alpha value is -2.58. The van der Waals surface area contributed by atoms with Gasteiger partial charge in [-0.25, -0.2) is 0 Å². The van der Waals surface area contributed by atoms with Gasteiger partial charge in [0.2, 0.25) is 11.8 Å². The SMILES string of the molecule is CC1(C)C(N)CC1CNCc1ccc2c(c1)C(=O)N(C1CCC(=O)NC1=O)C2=O. The van der Waals surface area contributed by atoms with Crippen LogP contribution in [0.3, 0.4) is 0 Å². The molecule has 0 aromatic heterocycles. The van der Waals surface area contributed by atoms with E-state index in [1.165, 1.54) is 0 Å². The van der Waals surface area contributed by atoms with Gasteiger partial charge in [-0.1, -0.05) is 19.9 Å². The van der Waals surface area contributed by atoms with Crippen molar-refractivity contribution in [3.63, 3.8) is 0 Å². The first-order valence-corrected chi connectivity index (χ1v) is 10.0. The van der Waals surface area contributed by atoms with Crippen LogP contribution < -0.4 is 16.4 Å². The molecule has 2 aliphatic heterocycles. The van der Waals surface area contributed by atoms with E-state index >= 15 is 0 Å². The minimum Gasteiger partial charge on any atom is -0.327 e. The average Bonchev–Trinajstić information content (AvgIpc) is 2.92. The number of amides is 4. The average molecular weight is 398 g/mol. The third kappa shape index (κ3) is 3.26. The molecule has 1 saturated heterocycles. The number of nitrogens with two attached hydrogens (primary N) is 1. The number of piperidine rings is 1. The zero-order valence-electron chi connectivity index (χ0n) is 16.7. The predicted octanol–water partition coefficient (Wildman–Crippen LogP) is 0.551. The number of imide groups is 2. The van der Waals surface area contributed by atoms with Crippen LogP contribution in [-0.2, 0) is 16.1 Å². The summed E-state index contributed by atoms with van der Waals surface area (Å²) < 4.78 is 0. The van der Waals surface area contributed by atoms with Crippen LogP contribution in [0.25, 0.3) is 0 Å². The molecule has 1 saturated carbocycles. The van der Waals surface area contributed by atoms with Gasteiger partial charge < -0.3 is 11.1 Å². The molecule has 3 unspecified atom stereocenters. The van der Waals surface area contributed by atoms with Crippen LogP contribution in [0.4, 0.5) is 0 Å². The summed E-state index contributed by atoms with van der Waals surface area (Å²) in [5.41, 5.74) is 7.69. The molecular weight excluding hydrogens is 372 g/mol. The number of hydrogen-bond donors (Lipinski definition) is 3. The smallest absolute Gasteiger partial charge is 0.262 e. The van der Waals surface area contributed by atoms with Gasteiger partial charge in [0.1, 0.15) is 6.04 Å². The zero-order chi connectivity index (χ0) is 20.9. The molecule has 3 aliphatic rings. The van der Waals surface area contributed by atoms with Crippen molar-refractivity contribution in [1.82, 2.24) is 15.5 Å². The van der Waals surface area contributed by atoms with E-state index in [0.717, 1.165) is 23.4 Å². The molecule has 4 amide bonds. The van der Waals surface area contributed by atoms with Crippen molar-refractivity contribution < 1.29 is 19.2 Å². The van der Waals surface area contributed by atoms with Gasteiger partial charge in [-0.2, -0.15) is 0 Å². The lowest BCUT2D eigenvalue weighted by Gasteiger charge is -2.50. The second-order valence-corrected chi connectivity index (χ2v) is 8.82. The zero-order valence-corrected chi connectivity index (χ0v) is 16.7. The van der Waals surface area contributed by atoms with Crippen LogP contribution in [0.2, 0.25) is 0 Å². The molecular formula is C21H26N4O4. The van der Waals surface area contributed by atoms with Crippen LogP contribution in [-0.4, -0.2) is 47.2 Å². The maximum atomic E-state index is 12.9. The number of rotatable bonds is 5. The Morgan fingerprint density at radius 3 is 2.55 bits per heavy atom. The largest absolute Gasteiger partial charge is 0.327 e. The summed E-state index contributed by atoms with van der Waals surface area (Å²) in [5, 5.41) is 5.62. The van der Waals surface area contributed by atoms with Crippen LogP contribution in [0.5, 0.6) is 0 Å². The molecule has 3 atom stereocenters. The summed E-state index contributed by atoms with van der Waals surface area (Å²) in [4.78, 5) is 50.0. The standard InChI is InChI=1S/C21H26N4O4/c1-21(2)12(8-16(21)22)10-23-9-11-3-4-13-14(7-11)20(29)25(19(13)28)15-5-6-17(26)24-18(15)27/h3-4,7,12,15-16,23H,5-6,8-10,22H2,1-2H3,(H,24,26,27). The fraction of sp³-hybridized carbons (Fsp3) is 0.524. The van der Waals surface area contributed by atoms with Crippen molar-refractivity contribution in [3.8, 4) is 0 Å². The molecule has 1 aromatic rings. The first-order chi connectivity index (χ1) is 13.7. The highest BCUT2D eigenvalue weighted by molar-refractivity contribution is 6.23. The van der Waals surface area contributed by atoms with Gasteiger partial charge in [0.15, 0.2) is 0 Å². The minimum absolute atomic E-state index is 0.111. The highest BCUT2D eigenvalue weighted by atomic mass is 16.2. The van der Waals surface area contributed by atoms with Crippen LogP contribution in [0.15, 0.2) is 18.2 Å². The number of carbonyl (C=O) groups is 4. The second-order valence-electron chi connectivity index (χ2n) is 8.82. The summed E-state index contributed by atoms with van der Waals surface area (Å²) in [5.74, 6) is -1.43. The molecule has 1 aliphatic carbocycles. The lowest BCUT2D eigenvalue weighted by molar-refractivity contribution is -0.136. The third-order valence-electron chi connectivity index (χ3n) is 6.77. The number of fused-ring (bicyclic) bond motifs is 1. The van der Waals surface area contributed by atoms with Crippen molar-refractivity contribution in [3.05, 3.63) is 34.9 Å². The van der Waals surface area contributed by atoms with E-state index in [9.17, 15) is 19.2 Å². The van der Waals surface area contributed by atoms with Crippen LogP contribution >= 0.6 is 0 Å². The molecule has 0 radical (unpaired) electrons. The molecule has 0 spiro atoms. The van der Waals surface area contributed by atoms with Crippen molar-refractivity contribution in [2.75, 3.05) is 6.54 Å². The maximum absolute atomic E-state index is 12.9. The Kier molecular flexibility index (Phi) is 4.78. The fourth-order valence-electron chi connectivity index (χ4n) is 4.42. The molecule has 1 aromatic carbocycles. The monoisotopic (exact) mass is 398 g/mol. The van der Waals surface area contributed by atoms with Gasteiger partial charge >= 0.3 is 0 Å². The molecule has 8 heteroatoms. The number of benzene rings is 1. The van der Waals surface area contributed by atoms with Gasteiger partial charge in [-0.3, -0.25) is 29.4 Å². The second kappa shape index (κ2) is 7.03. The fourth-order valence-corrected chi connectivity index (χ4v) is 4.42. The first kappa shape index (κ1) is 19.7. The van der Waals surface area contributed by atoms with Gasteiger partial charge in [-0.15, -0.1) is 0 Å². The summed E-state index contributed by atoms with van der Waals surface area (Å²) in [6, 6.07) is 4.47. The molecule has 154 valence electrons. The highest BCUT2D eigenvalue weighted by Gasteiger charge is 2.46. The number of carbonyl (C=O) groups excluding carboxylic acids is 4. The molecule has 4 rings (SSSR count). The summed E-state index contributed by atoms with van der Waals surface area (Å²) in [6.45, 7) is 5.77. The predicted molar refractivity (Wildman–Crippen MR) is 105 cm³/mol. The van der Waals surface area contributed by atoms with Crippen LogP contribution in [0.1, 0.15) is 59.4 Å². The highest BCUT2D eigenvalue weighted by Crippen LogP contribution is 2.44. The first-order valence-electron chi connectivity index (χ1n) is 10.0. The van der Waals surface area contributed by atoms with Gasteiger partial charge in [0.25, 0.3) is 11.8 Å². The van der Waals surface area contributed by atoms with E-state index in [-0.39, 0.29) is 30.2 Å². The van der Waals surface area contributed by atoms with Crippen LogP contribution in [0, 0.1) is 11.3 Å².